The quantitative estimate of drug-likeness (QED) is 0.837. The predicted molar refractivity (Wildman–Crippen MR) is 117 cm³/mol. The van der Waals surface area contributed by atoms with Gasteiger partial charge in [-0.3, -0.25) is 4.99 Å². The molecule has 2 N–H and O–H groups in total. The van der Waals surface area contributed by atoms with Crippen molar-refractivity contribution >= 4 is 28.7 Å². The maximum Gasteiger partial charge on any atom is 0.228 e. The number of allylic oxidation sites excluding steroid dienone is 2. The lowest BCUT2D eigenvalue weighted by Crippen LogP contribution is -2.43. The van der Waals surface area contributed by atoms with Gasteiger partial charge in [-0.1, -0.05) is 13.8 Å². The van der Waals surface area contributed by atoms with Crippen molar-refractivity contribution in [3.63, 3.8) is 0 Å². The number of piperazine rings is 1. The van der Waals surface area contributed by atoms with Gasteiger partial charge in [-0.05, 0) is 25.0 Å². The van der Waals surface area contributed by atoms with Crippen molar-refractivity contribution < 1.29 is 0 Å². The van der Waals surface area contributed by atoms with E-state index in [1.165, 1.54) is 22.5 Å². The van der Waals surface area contributed by atoms with Crippen LogP contribution in [0.15, 0.2) is 35.2 Å². The molecule has 1 aliphatic carbocycles. The van der Waals surface area contributed by atoms with Crippen LogP contribution in [0.3, 0.4) is 0 Å². The molecule has 0 aromatic carbocycles. The number of nitrogens with zero attached hydrogens (tertiary/aromatic N) is 5. The van der Waals surface area contributed by atoms with Crippen LogP contribution >= 0.6 is 0 Å². The Balaban J connectivity index is 1.36. The van der Waals surface area contributed by atoms with Crippen LogP contribution in [0.1, 0.15) is 32.0 Å². The summed E-state index contributed by atoms with van der Waals surface area (Å²) in [7, 11) is 0. The minimum atomic E-state index is 0.352. The van der Waals surface area contributed by atoms with Gasteiger partial charge in [-0.15, -0.1) is 0 Å². The Labute approximate surface area is 171 Å². The third kappa shape index (κ3) is 3.29. The molecule has 150 valence electrons. The maximum absolute atomic E-state index is 4.86. The molecule has 1 atom stereocenters. The van der Waals surface area contributed by atoms with Gasteiger partial charge in [-0.25, -0.2) is 15.0 Å². The van der Waals surface area contributed by atoms with Crippen LogP contribution in [0.2, 0.25) is 0 Å². The smallest absolute Gasteiger partial charge is 0.228 e. The number of aliphatic imine (C=N–C) groups is 1. The van der Waals surface area contributed by atoms with Crippen LogP contribution in [-0.4, -0.2) is 46.8 Å². The Hall–Kier alpha value is -2.80. The molecular formula is C22H27N7. The molecule has 5 rings (SSSR count). The molecular weight excluding hydrogens is 362 g/mol. The Morgan fingerprint density at radius 1 is 1.14 bits per heavy atom. The second-order valence-corrected chi connectivity index (χ2v) is 8.34. The van der Waals surface area contributed by atoms with Gasteiger partial charge >= 0.3 is 0 Å². The summed E-state index contributed by atoms with van der Waals surface area (Å²) in [5.74, 6) is 2.20. The Morgan fingerprint density at radius 2 is 1.97 bits per heavy atom. The first-order chi connectivity index (χ1) is 14.1. The van der Waals surface area contributed by atoms with Crippen LogP contribution in [0.25, 0.3) is 5.57 Å². The molecule has 4 heterocycles. The summed E-state index contributed by atoms with van der Waals surface area (Å²) in [6, 6.07) is 4.11. The lowest BCUT2D eigenvalue weighted by atomic mass is 9.85. The van der Waals surface area contributed by atoms with E-state index in [-0.39, 0.29) is 0 Å². The van der Waals surface area contributed by atoms with E-state index in [1.807, 2.05) is 18.5 Å². The van der Waals surface area contributed by atoms with Crippen molar-refractivity contribution in [2.24, 2.45) is 16.8 Å². The van der Waals surface area contributed by atoms with Crippen molar-refractivity contribution in [1.82, 2.24) is 20.3 Å². The molecule has 29 heavy (non-hydrogen) atoms. The second-order valence-electron chi connectivity index (χ2n) is 8.34. The lowest BCUT2D eigenvalue weighted by molar-refractivity contribution is 0.589. The fourth-order valence-corrected chi connectivity index (χ4v) is 4.66. The van der Waals surface area contributed by atoms with Crippen LogP contribution in [0, 0.1) is 11.8 Å². The van der Waals surface area contributed by atoms with Gasteiger partial charge in [0.15, 0.2) is 0 Å². The van der Waals surface area contributed by atoms with Gasteiger partial charge in [0.2, 0.25) is 5.95 Å². The molecule has 0 radical (unpaired) electrons. The van der Waals surface area contributed by atoms with Crippen LogP contribution < -0.4 is 15.5 Å². The number of hydrogen-bond acceptors (Lipinski definition) is 7. The Bertz CT molecular complexity index is 985. The van der Waals surface area contributed by atoms with Gasteiger partial charge in [0.1, 0.15) is 5.82 Å². The number of hydrogen-bond donors (Lipinski definition) is 2. The number of anilines is 3. The third-order valence-corrected chi connectivity index (χ3v) is 6.00. The highest BCUT2D eigenvalue weighted by Crippen LogP contribution is 2.44. The summed E-state index contributed by atoms with van der Waals surface area (Å²) in [5.41, 5.74) is 7.04. The van der Waals surface area contributed by atoms with E-state index in [0.717, 1.165) is 49.8 Å². The van der Waals surface area contributed by atoms with E-state index in [2.05, 4.69) is 52.3 Å². The number of fused-ring (bicyclic) bond motifs is 2. The first kappa shape index (κ1) is 18.2. The van der Waals surface area contributed by atoms with Crippen molar-refractivity contribution in [3.05, 3.63) is 41.5 Å². The molecule has 0 amide bonds. The summed E-state index contributed by atoms with van der Waals surface area (Å²) in [6.45, 7) is 10.7. The molecule has 2 aromatic rings. The molecule has 1 saturated heterocycles. The van der Waals surface area contributed by atoms with Gasteiger partial charge in [-0.2, -0.15) is 0 Å². The van der Waals surface area contributed by atoms with E-state index in [4.69, 9.17) is 9.98 Å². The second kappa shape index (κ2) is 7.22. The standard InChI is InChI=1S/C22H27N7/c1-13(2)19-14(3)26-17-10-15-11-25-22(28-21(15)20(17)19)27-18-5-4-16(12-24-18)29-8-6-23-7-9-29/h4-5,11-13,19,23H,6-10H2,1-3H3,(H,24,25,27,28). The number of aromatic nitrogens is 3. The normalized spacial score (nSPS) is 20.8. The summed E-state index contributed by atoms with van der Waals surface area (Å²) in [6.07, 6.45) is 4.69. The molecule has 0 spiro atoms. The molecule has 7 nitrogen and oxygen atoms in total. The summed E-state index contributed by atoms with van der Waals surface area (Å²) in [5, 5.41) is 6.65. The van der Waals surface area contributed by atoms with Gasteiger partial charge < -0.3 is 15.5 Å². The van der Waals surface area contributed by atoms with Crippen molar-refractivity contribution in [2.45, 2.75) is 27.2 Å². The number of nitrogens with one attached hydrogen (secondary N) is 2. The monoisotopic (exact) mass is 389 g/mol. The summed E-state index contributed by atoms with van der Waals surface area (Å²) >= 11 is 0. The van der Waals surface area contributed by atoms with E-state index < -0.39 is 0 Å². The topological polar surface area (TPSA) is 78.3 Å². The Kier molecular flexibility index (Phi) is 4.54. The molecule has 3 aliphatic rings. The molecule has 2 aliphatic heterocycles. The van der Waals surface area contributed by atoms with Gasteiger partial charge in [0.05, 0.1) is 23.3 Å². The first-order valence-electron chi connectivity index (χ1n) is 10.4. The minimum absolute atomic E-state index is 0.352. The zero-order valence-electron chi connectivity index (χ0n) is 17.2. The molecule has 2 aromatic heterocycles. The van der Waals surface area contributed by atoms with Gasteiger partial charge in [0, 0.05) is 61.6 Å². The van der Waals surface area contributed by atoms with E-state index in [0.29, 0.717) is 17.8 Å². The minimum Gasteiger partial charge on any atom is -0.368 e. The molecule has 0 saturated carbocycles. The summed E-state index contributed by atoms with van der Waals surface area (Å²) in [4.78, 5) is 21.1. The molecule has 7 heteroatoms. The zero-order valence-corrected chi connectivity index (χ0v) is 17.2. The highest BCUT2D eigenvalue weighted by atomic mass is 15.2. The SMILES string of the molecule is CC1=NC2=C(c3nc(Nc4ccc(N5CCNCC5)cn4)ncc3C2)C1C(C)C. The maximum atomic E-state index is 4.86. The fourth-order valence-electron chi connectivity index (χ4n) is 4.66. The molecule has 1 fully saturated rings. The van der Waals surface area contributed by atoms with Gasteiger partial charge in [0.25, 0.3) is 0 Å². The highest BCUT2D eigenvalue weighted by molar-refractivity contribution is 6.02. The largest absolute Gasteiger partial charge is 0.368 e. The third-order valence-electron chi connectivity index (χ3n) is 6.00. The van der Waals surface area contributed by atoms with E-state index in [9.17, 15) is 0 Å². The highest BCUT2D eigenvalue weighted by Gasteiger charge is 2.37. The van der Waals surface area contributed by atoms with E-state index in [1.54, 1.807) is 0 Å². The van der Waals surface area contributed by atoms with Crippen LogP contribution in [0.5, 0.6) is 0 Å². The van der Waals surface area contributed by atoms with Crippen molar-refractivity contribution in [3.8, 4) is 0 Å². The fraction of sp³-hybridized carbons (Fsp3) is 0.455. The first-order valence-corrected chi connectivity index (χ1v) is 10.4. The number of pyridine rings is 1. The molecule has 1 unspecified atom stereocenters. The Morgan fingerprint density at radius 3 is 2.69 bits per heavy atom. The molecule has 0 bridgehead atoms. The average molecular weight is 390 g/mol. The zero-order chi connectivity index (χ0) is 20.0. The van der Waals surface area contributed by atoms with Crippen LogP contribution in [0.4, 0.5) is 17.5 Å². The van der Waals surface area contributed by atoms with Crippen molar-refractivity contribution in [2.75, 3.05) is 36.4 Å². The van der Waals surface area contributed by atoms with E-state index >= 15 is 0 Å². The number of rotatable bonds is 4. The van der Waals surface area contributed by atoms with Crippen molar-refractivity contribution in [1.29, 1.82) is 0 Å². The summed E-state index contributed by atoms with van der Waals surface area (Å²) < 4.78 is 0. The average Bonchev–Trinajstić information content (AvgIpc) is 3.23. The lowest BCUT2D eigenvalue weighted by Gasteiger charge is -2.29. The predicted octanol–water partition coefficient (Wildman–Crippen LogP) is 3.04. The van der Waals surface area contributed by atoms with Crippen LogP contribution in [-0.2, 0) is 6.42 Å².